The van der Waals surface area contributed by atoms with Crippen LogP contribution in [0, 0.1) is 11.7 Å². The predicted octanol–water partition coefficient (Wildman–Crippen LogP) is 3.35. The van der Waals surface area contributed by atoms with Gasteiger partial charge in [0, 0.05) is 11.7 Å². The fourth-order valence-corrected chi connectivity index (χ4v) is 3.00. The van der Waals surface area contributed by atoms with Crippen molar-refractivity contribution >= 4 is 5.69 Å². The topological polar surface area (TPSA) is 12.0 Å². The monoisotopic (exact) mass is 205 g/mol. The summed E-state index contributed by atoms with van der Waals surface area (Å²) in [6.07, 6.45) is 6.43. The summed E-state index contributed by atoms with van der Waals surface area (Å²) in [5.74, 6) is 0.697. The Balaban J connectivity index is 1.79. The lowest BCUT2D eigenvalue weighted by Gasteiger charge is -2.18. The lowest BCUT2D eigenvalue weighted by atomic mass is 9.95. The average Bonchev–Trinajstić information content (AvgIpc) is 2.84. The zero-order chi connectivity index (χ0) is 10.3. The standard InChI is InChI=1S/C13H16FN/c14-11-5-6-12-10(7-11)8-13(15-12)9-3-1-2-4-9/h5-7,9,13,15H,1-4,8H2. The van der Waals surface area contributed by atoms with E-state index >= 15 is 0 Å². The molecule has 0 spiro atoms. The van der Waals surface area contributed by atoms with Gasteiger partial charge in [0.2, 0.25) is 0 Å². The van der Waals surface area contributed by atoms with Crippen LogP contribution in [0.3, 0.4) is 0 Å². The quantitative estimate of drug-likeness (QED) is 0.741. The van der Waals surface area contributed by atoms with Crippen LogP contribution >= 0.6 is 0 Å². The first-order valence-electron chi connectivity index (χ1n) is 5.88. The molecule has 1 N–H and O–H groups in total. The summed E-state index contributed by atoms with van der Waals surface area (Å²) in [6, 6.07) is 5.66. The van der Waals surface area contributed by atoms with Gasteiger partial charge in [0.1, 0.15) is 5.82 Å². The van der Waals surface area contributed by atoms with Crippen molar-refractivity contribution in [3.63, 3.8) is 0 Å². The third-order valence-electron chi connectivity index (χ3n) is 3.82. The molecule has 1 saturated carbocycles. The van der Waals surface area contributed by atoms with Crippen LogP contribution in [-0.2, 0) is 6.42 Å². The molecule has 1 fully saturated rings. The zero-order valence-electron chi connectivity index (χ0n) is 8.80. The maximum Gasteiger partial charge on any atom is 0.123 e. The number of hydrogen-bond donors (Lipinski definition) is 1. The molecule has 0 amide bonds. The summed E-state index contributed by atoms with van der Waals surface area (Å²) in [4.78, 5) is 0. The molecule has 0 saturated heterocycles. The van der Waals surface area contributed by atoms with E-state index in [4.69, 9.17) is 0 Å². The highest BCUT2D eigenvalue weighted by molar-refractivity contribution is 5.57. The van der Waals surface area contributed by atoms with Crippen LogP contribution in [0.25, 0.3) is 0 Å². The van der Waals surface area contributed by atoms with Gasteiger partial charge in [-0.2, -0.15) is 0 Å². The molecule has 0 bridgehead atoms. The van der Waals surface area contributed by atoms with E-state index in [1.807, 2.05) is 6.07 Å². The Bertz CT molecular complexity index is 369. The molecule has 1 aromatic rings. The highest BCUT2D eigenvalue weighted by Gasteiger charge is 2.30. The Kier molecular flexibility index (Phi) is 2.15. The smallest absolute Gasteiger partial charge is 0.123 e. The van der Waals surface area contributed by atoms with Crippen LogP contribution < -0.4 is 5.32 Å². The maximum atomic E-state index is 13.0. The summed E-state index contributed by atoms with van der Waals surface area (Å²) in [7, 11) is 0. The number of fused-ring (bicyclic) bond motifs is 1. The van der Waals surface area contributed by atoms with E-state index in [2.05, 4.69) is 5.32 Å². The van der Waals surface area contributed by atoms with Gasteiger partial charge in [0.05, 0.1) is 0 Å². The maximum absolute atomic E-state index is 13.0. The molecule has 15 heavy (non-hydrogen) atoms. The van der Waals surface area contributed by atoms with E-state index < -0.39 is 0 Å². The summed E-state index contributed by atoms with van der Waals surface area (Å²) < 4.78 is 13.0. The lowest BCUT2D eigenvalue weighted by molar-refractivity contribution is 0.466. The van der Waals surface area contributed by atoms with Crippen LogP contribution in [0.5, 0.6) is 0 Å². The van der Waals surface area contributed by atoms with Crippen LogP contribution in [0.2, 0.25) is 0 Å². The molecule has 0 radical (unpaired) electrons. The molecule has 1 heterocycles. The molecule has 1 nitrogen and oxygen atoms in total. The van der Waals surface area contributed by atoms with Gasteiger partial charge in [-0.3, -0.25) is 0 Å². The Morgan fingerprint density at radius 1 is 1.20 bits per heavy atom. The molecular formula is C13H16FN. The third kappa shape index (κ3) is 1.62. The fourth-order valence-electron chi connectivity index (χ4n) is 3.00. The Labute approximate surface area is 89.7 Å². The SMILES string of the molecule is Fc1ccc2c(c1)CC(C1CCCC1)N2. The highest BCUT2D eigenvalue weighted by atomic mass is 19.1. The van der Waals surface area contributed by atoms with Crippen LogP contribution in [0.1, 0.15) is 31.2 Å². The van der Waals surface area contributed by atoms with Crippen molar-refractivity contribution in [1.82, 2.24) is 0 Å². The second kappa shape index (κ2) is 3.51. The first kappa shape index (κ1) is 9.20. The van der Waals surface area contributed by atoms with Crippen LogP contribution in [0.4, 0.5) is 10.1 Å². The number of halogens is 1. The Morgan fingerprint density at radius 2 is 2.00 bits per heavy atom. The van der Waals surface area contributed by atoms with E-state index in [0.717, 1.165) is 23.6 Å². The predicted molar refractivity (Wildman–Crippen MR) is 59.5 cm³/mol. The lowest BCUT2D eigenvalue weighted by Crippen LogP contribution is -2.24. The van der Waals surface area contributed by atoms with E-state index in [1.165, 1.54) is 25.7 Å². The van der Waals surface area contributed by atoms with Crippen molar-refractivity contribution in [2.24, 2.45) is 5.92 Å². The molecule has 1 unspecified atom stereocenters. The van der Waals surface area contributed by atoms with Gasteiger partial charge in [-0.25, -0.2) is 4.39 Å². The van der Waals surface area contributed by atoms with E-state index in [0.29, 0.717) is 6.04 Å². The van der Waals surface area contributed by atoms with E-state index in [-0.39, 0.29) is 5.82 Å². The number of benzene rings is 1. The van der Waals surface area contributed by atoms with Gasteiger partial charge in [-0.15, -0.1) is 0 Å². The highest BCUT2D eigenvalue weighted by Crippen LogP contribution is 2.36. The second-order valence-electron chi connectivity index (χ2n) is 4.80. The van der Waals surface area contributed by atoms with Gasteiger partial charge in [-0.1, -0.05) is 12.8 Å². The number of nitrogens with one attached hydrogen (secondary N) is 1. The summed E-state index contributed by atoms with van der Waals surface area (Å²) in [6.45, 7) is 0. The van der Waals surface area contributed by atoms with Crippen molar-refractivity contribution in [1.29, 1.82) is 0 Å². The molecule has 2 heteroatoms. The molecule has 80 valence electrons. The van der Waals surface area contributed by atoms with Gasteiger partial charge in [-0.05, 0) is 48.9 Å². The largest absolute Gasteiger partial charge is 0.381 e. The third-order valence-corrected chi connectivity index (χ3v) is 3.82. The minimum absolute atomic E-state index is 0.109. The van der Waals surface area contributed by atoms with Gasteiger partial charge in [0.25, 0.3) is 0 Å². The first-order chi connectivity index (χ1) is 7.33. The minimum Gasteiger partial charge on any atom is -0.381 e. The molecule has 2 aliphatic rings. The average molecular weight is 205 g/mol. The Hall–Kier alpha value is -1.05. The van der Waals surface area contributed by atoms with E-state index in [9.17, 15) is 4.39 Å². The van der Waals surface area contributed by atoms with Crippen molar-refractivity contribution in [2.75, 3.05) is 5.32 Å². The van der Waals surface area contributed by atoms with Crippen LogP contribution in [-0.4, -0.2) is 6.04 Å². The zero-order valence-corrected chi connectivity index (χ0v) is 8.80. The second-order valence-corrected chi connectivity index (χ2v) is 4.80. The number of rotatable bonds is 1. The fraction of sp³-hybridized carbons (Fsp3) is 0.538. The van der Waals surface area contributed by atoms with Gasteiger partial charge >= 0.3 is 0 Å². The summed E-state index contributed by atoms with van der Waals surface area (Å²) in [5.41, 5.74) is 2.31. The molecular weight excluding hydrogens is 189 g/mol. The number of hydrogen-bond acceptors (Lipinski definition) is 1. The summed E-state index contributed by atoms with van der Waals surface area (Å²) >= 11 is 0. The normalized spacial score (nSPS) is 25.3. The molecule has 3 rings (SSSR count). The molecule has 0 aromatic heterocycles. The van der Waals surface area contributed by atoms with E-state index in [1.54, 1.807) is 12.1 Å². The molecule has 1 aromatic carbocycles. The van der Waals surface area contributed by atoms with Crippen molar-refractivity contribution < 1.29 is 4.39 Å². The van der Waals surface area contributed by atoms with Crippen molar-refractivity contribution in [3.05, 3.63) is 29.6 Å². The minimum atomic E-state index is -0.109. The number of anilines is 1. The molecule has 1 aliphatic heterocycles. The first-order valence-corrected chi connectivity index (χ1v) is 5.88. The van der Waals surface area contributed by atoms with Gasteiger partial charge < -0.3 is 5.32 Å². The van der Waals surface area contributed by atoms with Crippen molar-refractivity contribution in [2.45, 2.75) is 38.1 Å². The molecule has 1 aliphatic carbocycles. The molecule has 1 atom stereocenters. The van der Waals surface area contributed by atoms with Crippen molar-refractivity contribution in [3.8, 4) is 0 Å². The van der Waals surface area contributed by atoms with Crippen LogP contribution in [0.15, 0.2) is 18.2 Å². The van der Waals surface area contributed by atoms with Gasteiger partial charge in [0.15, 0.2) is 0 Å². The Morgan fingerprint density at radius 3 is 2.80 bits per heavy atom. The summed E-state index contributed by atoms with van der Waals surface area (Å²) in [5, 5.41) is 3.54.